The van der Waals surface area contributed by atoms with E-state index in [4.69, 9.17) is 14.2 Å². The quantitative estimate of drug-likeness (QED) is 0.766. The lowest BCUT2D eigenvalue weighted by atomic mass is 10.0. The molecule has 4 heteroatoms. The van der Waals surface area contributed by atoms with Gasteiger partial charge in [-0.1, -0.05) is 0 Å². The van der Waals surface area contributed by atoms with Gasteiger partial charge in [0.05, 0.1) is 25.9 Å². The fourth-order valence-electron chi connectivity index (χ4n) is 3.41. The predicted molar refractivity (Wildman–Crippen MR) is 68.5 cm³/mol. The summed E-state index contributed by atoms with van der Waals surface area (Å²) in [7, 11) is 0. The van der Waals surface area contributed by atoms with Crippen LogP contribution in [-0.2, 0) is 14.2 Å². The summed E-state index contributed by atoms with van der Waals surface area (Å²) in [4.78, 5) is 2.50. The van der Waals surface area contributed by atoms with Crippen molar-refractivity contribution in [3.8, 4) is 0 Å². The molecule has 0 radical (unpaired) electrons. The molecule has 1 spiro atoms. The molecule has 3 rings (SSSR count). The van der Waals surface area contributed by atoms with Crippen molar-refractivity contribution in [2.24, 2.45) is 0 Å². The standard InChI is InChI=1S/C14H25NO3/c1(4-13-5-2-9-16-13)7-15-8-3-6-14(12-15)17-10-11-18-14/h13H,1-12H2. The maximum atomic E-state index is 5.80. The van der Waals surface area contributed by atoms with Crippen molar-refractivity contribution in [2.75, 3.05) is 39.5 Å². The molecular formula is C14H25NO3. The molecule has 3 aliphatic rings. The normalized spacial score (nSPS) is 32.3. The third-order valence-electron chi connectivity index (χ3n) is 4.33. The van der Waals surface area contributed by atoms with Crippen LogP contribution >= 0.6 is 0 Å². The maximum Gasteiger partial charge on any atom is 0.181 e. The van der Waals surface area contributed by atoms with E-state index in [1.165, 1.54) is 38.6 Å². The molecule has 0 aromatic heterocycles. The highest BCUT2D eigenvalue weighted by atomic mass is 16.7. The molecule has 1 atom stereocenters. The molecule has 0 N–H and O–H groups in total. The summed E-state index contributed by atoms with van der Waals surface area (Å²) < 4.78 is 17.3. The minimum Gasteiger partial charge on any atom is -0.378 e. The molecule has 0 bridgehead atoms. The zero-order valence-electron chi connectivity index (χ0n) is 11.2. The summed E-state index contributed by atoms with van der Waals surface area (Å²) in [6, 6.07) is 0. The average Bonchev–Trinajstić information content (AvgIpc) is 3.02. The van der Waals surface area contributed by atoms with E-state index in [0.717, 1.165) is 39.3 Å². The van der Waals surface area contributed by atoms with E-state index in [-0.39, 0.29) is 5.79 Å². The lowest BCUT2D eigenvalue weighted by molar-refractivity contribution is -0.189. The van der Waals surface area contributed by atoms with Gasteiger partial charge in [-0.05, 0) is 45.2 Å². The van der Waals surface area contributed by atoms with Crippen LogP contribution in [0.5, 0.6) is 0 Å². The Kier molecular flexibility index (Phi) is 4.19. The third-order valence-corrected chi connectivity index (χ3v) is 4.33. The summed E-state index contributed by atoms with van der Waals surface area (Å²) in [5.74, 6) is -0.262. The lowest BCUT2D eigenvalue weighted by Crippen LogP contribution is -2.49. The second kappa shape index (κ2) is 5.87. The van der Waals surface area contributed by atoms with Crippen molar-refractivity contribution in [2.45, 2.75) is 50.4 Å². The van der Waals surface area contributed by atoms with Crippen molar-refractivity contribution in [3.63, 3.8) is 0 Å². The van der Waals surface area contributed by atoms with Gasteiger partial charge in [0.15, 0.2) is 5.79 Å². The molecule has 0 saturated carbocycles. The summed E-state index contributed by atoms with van der Waals surface area (Å²) in [5.41, 5.74) is 0. The fourth-order valence-corrected chi connectivity index (χ4v) is 3.41. The zero-order chi connectivity index (χ0) is 12.3. The van der Waals surface area contributed by atoms with Crippen LogP contribution in [0.2, 0.25) is 0 Å². The molecule has 0 aliphatic carbocycles. The van der Waals surface area contributed by atoms with Crippen LogP contribution in [0.4, 0.5) is 0 Å². The Morgan fingerprint density at radius 3 is 2.78 bits per heavy atom. The fraction of sp³-hybridized carbons (Fsp3) is 1.00. The average molecular weight is 255 g/mol. The van der Waals surface area contributed by atoms with Gasteiger partial charge in [0.1, 0.15) is 0 Å². The second-order valence-electron chi connectivity index (χ2n) is 5.76. The molecule has 3 aliphatic heterocycles. The number of hydrogen-bond acceptors (Lipinski definition) is 4. The van der Waals surface area contributed by atoms with E-state index in [1.54, 1.807) is 0 Å². The number of nitrogens with zero attached hydrogens (tertiary/aromatic N) is 1. The molecule has 104 valence electrons. The first-order valence-corrected chi connectivity index (χ1v) is 7.48. The van der Waals surface area contributed by atoms with E-state index in [1.807, 2.05) is 0 Å². The molecule has 1 unspecified atom stereocenters. The Labute approximate surface area is 110 Å². The molecule has 0 aromatic rings. The lowest BCUT2D eigenvalue weighted by Gasteiger charge is -2.38. The van der Waals surface area contributed by atoms with Crippen molar-refractivity contribution in [1.82, 2.24) is 4.90 Å². The smallest absolute Gasteiger partial charge is 0.181 e. The maximum absolute atomic E-state index is 5.80. The predicted octanol–water partition coefficient (Wildman–Crippen LogP) is 1.78. The highest BCUT2D eigenvalue weighted by Crippen LogP contribution is 2.30. The highest BCUT2D eigenvalue weighted by Gasteiger charge is 2.40. The van der Waals surface area contributed by atoms with Crippen LogP contribution in [-0.4, -0.2) is 56.2 Å². The zero-order valence-corrected chi connectivity index (χ0v) is 11.2. The molecular weight excluding hydrogens is 230 g/mol. The van der Waals surface area contributed by atoms with Crippen LogP contribution in [0.1, 0.15) is 38.5 Å². The Morgan fingerprint density at radius 2 is 2.00 bits per heavy atom. The van der Waals surface area contributed by atoms with E-state index in [0.29, 0.717) is 6.10 Å². The van der Waals surface area contributed by atoms with E-state index >= 15 is 0 Å². The SMILES string of the molecule is C1COC(CCCN2CCCC3(C2)OCCO3)C1. The topological polar surface area (TPSA) is 30.9 Å². The first-order valence-electron chi connectivity index (χ1n) is 7.48. The Morgan fingerprint density at radius 1 is 1.11 bits per heavy atom. The first-order chi connectivity index (χ1) is 8.86. The van der Waals surface area contributed by atoms with E-state index in [2.05, 4.69) is 4.90 Å². The largest absolute Gasteiger partial charge is 0.378 e. The van der Waals surface area contributed by atoms with Crippen LogP contribution < -0.4 is 0 Å². The molecule has 4 nitrogen and oxygen atoms in total. The highest BCUT2D eigenvalue weighted by molar-refractivity contribution is 4.83. The minimum absolute atomic E-state index is 0.262. The van der Waals surface area contributed by atoms with Crippen LogP contribution in [0.3, 0.4) is 0 Å². The van der Waals surface area contributed by atoms with Gasteiger partial charge in [0.25, 0.3) is 0 Å². The molecule has 18 heavy (non-hydrogen) atoms. The minimum atomic E-state index is -0.262. The second-order valence-corrected chi connectivity index (χ2v) is 5.76. The number of hydrogen-bond donors (Lipinski definition) is 0. The molecule has 3 saturated heterocycles. The monoisotopic (exact) mass is 255 g/mol. The number of likely N-dealkylation sites (tertiary alicyclic amines) is 1. The Balaban J connectivity index is 1.39. The van der Waals surface area contributed by atoms with Gasteiger partial charge in [0, 0.05) is 13.0 Å². The molecule has 3 heterocycles. The van der Waals surface area contributed by atoms with Gasteiger partial charge in [-0.15, -0.1) is 0 Å². The van der Waals surface area contributed by atoms with Crippen molar-refractivity contribution >= 4 is 0 Å². The van der Waals surface area contributed by atoms with Gasteiger partial charge >= 0.3 is 0 Å². The number of ether oxygens (including phenoxy) is 3. The molecule has 3 fully saturated rings. The van der Waals surface area contributed by atoms with Gasteiger partial charge in [-0.2, -0.15) is 0 Å². The number of piperidine rings is 1. The third kappa shape index (κ3) is 3.05. The van der Waals surface area contributed by atoms with Crippen molar-refractivity contribution in [3.05, 3.63) is 0 Å². The van der Waals surface area contributed by atoms with Crippen molar-refractivity contribution in [1.29, 1.82) is 0 Å². The first kappa shape index (κ1) is 12.9. The van der Waals surface area contributed by atoms with Gasteiger partial charge in [0.2, 0.25) is 0 Å². The summed E-state index contributed by atoms with van der Waals surface area (Å²) in [5, 5.41) is 0. The Bertz CT molecular complexity index is 260. The summed E-state index contributed by atoms with van der Waals surface area (Å²) in [6.07, 6.45) is 7.75. The van der Waals surface area contributed by atoms with Crippen LogP contribution in [0.25, 0.3) is 0 Å². The number of rotatable bonds is 4. The summed E-state index contributed by atoms with van der Waals surface area (Å²) in [6.45, 7) is 5.82. The van der Waals surface area contributed by atoms with Gasteiger partial charge in [-0.3, -0.25) is 4.90 Å². The van der Waals surface area contributed by atoms with E-state index < -0.39 is 0 Å². The molecule has 0 aromatic carbocycles. The molecule has 0 amide bonds. The van der Waals surface area contributed by atoms with Gasteiger partial charge < -0.3 is 14.2 Å². The summed E-state index contributed by atoms with van der Waals surface area (Å²) >= 11 is 0. The van der Waals surface area contributed by atoms with Crippen LogP contribution in [0.15, 0.2) is 0 Å². The van der Waals surface area contributed by atoms with Crippen LogP contribution in [0, 0.1) is 0 Å². The van der Waals surface area contributed by atoms with Gasteiger partial charge in [-0.25, -0.2) is 0 Å². The van der Waals surface area contributed by atoms with Crippen molar-refractivity contribution < 1.29 is 14.2 Å². The van der Waals surface area contributed by atoms with E-state index in [9.17, 15) is 0 Å². The Hall–Kier alpha value is -0.160.